The van der Waals surface area contributed by atoms with Crippen LogP contribution in [0.4, 0.5) is 4.39 Å². The van der Waals surface area contributed by atoms with E-state index in [9.17, 15) is 9.18 Å². The predicted molar refractivity (Wildman–Crippen MR) is 90.2 cm³/mol. The van der Waals surface area contributed by atoms with Crippen LogP contribution < -0.4 is 5.32 Å². The Labute approximate surface area is 142 Å². The fourth-order valence-electron chi connectivity index (χ4n) is 3.46. The fraction of sp³-hybridized carbons (Fsp3) is 0.611. The van der Waals surface area contributed by atoms with Crippen molar-refractivity contribution in [2.24, 2.45) is 0 Å². The molecule has 2 saturated heterocycles. The quantitative estimate of drug-likeness (QED) is 0.854. The summed E-state index contributed by atoms with van der Waals surface area (Å²) in [4.78, 5) is 16.6. The molecule has 5 nitrogen and oxygen atoms in total. The molecule has 1 aromatic rings. The van der Waals surface area contributed by atoms with Crippen LogP contribution in [0.5, 0.6) is 0 Å². The molecule has 2 fully saturated rings. The smallest absolute Gasteiger partial charge is 0.234 e. The zero-order valence-electron chi connectivity index (χ0n) is 14.0. The lowest BCUT2D eigenvalue weighted by molar-refractivity contribution is -0.123. The third-order valence-electron chi connectivity index (χ3n) is 4.81. The van der Waals surface area contributed by atoms with E-state index >= 15 is 0 Å². The molecule has 0 radical (unpaired) electrons. The van der Waals surface area contributed by atoms with Gasteiger partial charge in [-0.2, -0.15) is 0 Å². The molecule has 1 atom stereocenters. The number of halogens is 1. The topological polar surface area (TPSA) is 44.8 Å². The first kappa shape index (κ1) is 17.3. The number of hydrogen-bond donors (Lipinski definition) is 1. The average Bonchev–Trinajstić information content (AvgIpc) is 3.12. The molecule has 0 saturated carbocycles. The van der Waals surface area contributed by atoms with Gasteiger partial charge in [0, 0.05) is 25.2 Å². The maximum Gasteiger partial charge on any atom is 0.234 e. The van der Waals surface area contributed by atoms with Gasteiger partial charge in [0.1, 0.15) is 5.82 Å². The number of morpholine rings is 1. The van der Waals surface area contributed by atoms with Gasteiger partial charge in [-0.3, -0.25) is 14.6 Å². The van der Waals surface area contributed by atoms with Crippen LogP contribution in [0.1, 0.15) is 24.4 Å². The zero-order valence-corrected chi connectivity index (χ0v) is 14.0. The normalized spacial score (nSPS) is 20.9. The van der Waals surface area contributed by atoms with E-state index in [1.807, 2.05) is 12.1 Å². The van der Waals surface area contributed by atoms with Gasteiger partial charge in [-0.05, 0) is 32.0 Å². The second-order valence-electron chi connectivity index (χ2n) is 6.47. The fourth-order valence-corrected chi connectivity index (χ4v) is 3.46. The van der Waals surface area contributed by atoms with E-state index in [1.165, 1.54) is 6.07 Å². The molecule has 1 amide bonds. The number of rotatable bonds is 6. The maximum absolute atomic E-state index is 14.2. The Balaban J connectivity index is 1.59. The third-order valence-corrected chi connectivity index (χ3v) is 4.81. The molecule has 3 rings (SSSR count). The number of benzene rings is 1. The van der Waals surface area contributed by atoms with Crippen LogP contribution in [-0.2, 0) is 9.53 Å². The summed E-state index contributed by atoms with van der Waals surface area (Å²) in [5.41, 5.74) is 0.672. The number of carbonyl (C=O) groups is 1. The lowest BCUT2D eigenvalue weighted by Crippen LogP contribution is -2.45. The highest BCUT2D eigenvalue weighted by Gasteiger charge is 2.26. The highest BCUT2D eigenvalue weighted by molar-refractivity contribution is 5.78. The van der Waals surface area contributed by atoms with Crippen molar-refractivity contribution in [1.29, 1.82) is 0 Å². The number of likely N-dealkylation sites (tertiary alicyclic amines) is 1. The van der Waals surface area contributed by atoms with E-state index in [1.54, 1.807) is 6.07 Å². The van der Waals surface area contributed by atoms with Gasteiger partial charge in [0.05, 0.1) is 25.8 Å². The lowest BCUT2D eigenvalue weighted by Gasteiger charge is -2.29. The Morgan fingerprint density at radius 2 is 1.88 bits per heavy atom. The van der Waals surface area contributed by atoms with Gasteiger partial charge >= 0.3 is 0 Å². The van der Waals surface area contributed by atoms with Crippen molar-refractivity contribution in [3.63, 3.8) is 0 Å². The van der Waals surface area contributed by atoms with Gasteiger partial charge < -0.3 is 10.1 Å². The number of hydrogen-bond acceptors (Lipinski definition) is 4. The Morgan fingerprint density at radius 3 is 2.58 bits per heavy atom. The van der Waals surface area contributed by atoms with Crippen molar-refractivity contribution < 1.29 is 13.9 Å². The Hall–Kier alpha value is -1.50. The third kappa shape index (κ3) is 4.53. The number of nitrogens with one attached hydrogen (secondary N) is 1. The second-order valence-corrected chi connectivity index (χ2v) is 6.47. The van der Waals surface area contributed by atoms with Crippen molar-refractivity contribution in [3.8, 4) is 0 Å². The van der Waals surface area contributed by atoms with Gasteiger partial charge in [0.25, 0.3) is 0 Å². The summed E-state index contributed by atoms with van der Waals surface area (Å²) in [5.74, 6) is -0.200. The number of amides is 1. The molecule has 24 heavy (non-hydrogen) atoms. The summed E-state index contributed by atoms with van der Waals surface area (Å²) < 4.78 is 19.5. The van der Waals surface area contributed by atoms with E-state index < -0.39 is 0 Å². The number of nitrogens with zero attached hydrogens (tertiary/aromatic N) is 2. The first-order valence-electron chi connectivity index (χ1n) is 8.79. The zero-order chi connectivity index (χ0) is 16.8. The number of ether oxygens (including phenoxy) is 1. The second kappa shape index (κ2) is 8.55. The molecule has 0 unspecified atom stereocenters. The standard InChI is InChI=1S/C18H26FN3O2/c19-16-6-2-1-5-15(16)17(22-7-3-4-8-22)13-20-18(23)14-21-9-11-24-12-10-21/h1-2,5-6,17H,3-4,7-14H2,(H,20,23)/t17-/m0/s1. The monoisotopic (exact) mass is 335 g/mol. The molecule has 1 aromatic carbocycles. The Kier molecular flexibility index (Phi) is 6.18. The lowest BCUT2D eigenvalue weighted by atomic mass is 10.0. The van der Waals surface area contributed by atoms with Gasteiger partial charge in [-0.1, -0.05) is 18.2 Å². The summed E-state index contributed by atoms with van der Waals surface area (Å²) in [6.45, 7) is 5.68. The number of carbonyl (C=O) groups excluding carboxylic acids is 1. The van der Waals surface area contributed by atoms with Crippen molar-refractivity contribution in [2.75, 3.05) is 52.5 Å². The van der Waals surface area contributed by atoms with Gasteiger partial charge in [-0.15, -0.1) is 0 Å². The van der Waals surface area contributed by atoms with E-state index in [0.717, 1.165) is 39.0 Å². The van der Waals surface area contributed by atoms with Crippen molar-refractivity contribution in [1.82, 2.24) is 15.1 Å². The van der Waals surface area contributed by atoms with Crippen molar-refractivity contribution in [3.05, 3.63) is 35.6 Å². The van der Waals surface area contributed by atoms with Crippen LogP contribution in [0.3, 0.4) is 0 Å². The van der Waals surface area contributed by atoms with E-state index in [2.05, 4.69) is 15.1 Å². The summed E-state index contributed by atoms with van der Waals surface area (Å²) in [6, 6.07) is 6.79. The largest absolute Gasteiger partial charge is 0.379 e. The molecule has 0 aromatic heterocycles. The molecule has 2 aliphatic heterocycles. The molecule has 132 valence electrons. The molecule has 0 spiro atoms. The van der Waals surface area contributed by atoms with Crippen LogP contribution in [0.15, 0.2) is 24.3 Å². The van der Waals surface area contributed by atoms with Gasteiger partial charge in [0.2, 0.25) is 5.91 Å². The molecule has 1 N–H and O–H groups in total. The minimum absolute atomic E-state index is 0.00237. The minimum Gasteiger partial charge on any atom is -0.379 e. The van der Waals surface area contributed by atoms with E-state index in [4.69, 9.17) is 4.74 Å². The summed E-state index contributed by atoms with van der Waals surface area (Å²) in [6.07, 6.45) is 2.26. The molecule has 6 heteroatoms. The molecule has 2 heterocycles. The van der Waals surface area contributed by atoms with Crippen LogP contribution in [0.25, 0.3) is 0 Å². The minimum atomic E-state index is -0.197. The van der Waals surface area contributed by atoms with Crippen molar-refractivity contribution in [2.45, 2.75) is 18.9 Å². The first-order chi connectivity index (χ1) is 11.7. The van der Waals surface area contributed by atoms with E-state index in [-0.39, 0.29) is 17.8 Å². The van der Waals surface area contributed by atoms with Crippen LogP contribution in [-0.4, -0.2) is 68.2 Å². The Morgan fingerprint density at radius 1 is 1.17 bits per heavy atom. The van der Waals surface area contributed by atoms with Gasteiger partial charge in [0.15, 0.2) is 0 Å². The van der Waals surface area contributed by atoms with Gasteiger partial charge in [-0.25, -0.2) is 4.39 Å². The summed E-state index contributed by atoms with van der Waals surface area (Å²) in [5, 5.41) is 3.00. The van der Waals surface area contributed by atoms with Crippen LogP contribution >= 0.6 is 0 Å². The van der Waals surface area contributed by atoms with Crippen LogP contribution in [0.2, 0.25) is 0 Å². The van der Waals surface area contributed by atoms with E-state index in [0.29, 0.717) is 31.9 Å². The van der Waals surface area contributed by atoms with Crippen molar-refractivity contribution >= 4 is 5.91 Å². The van der Waals surface area contributed by atoms with Crippen LogP contribution in [0, 0.1) is 5.82 Å². The highest BCUT2D eigenvalue weighted by Crippen LogP contribution is 2.26. The Bertz CT molecular complexity index is 543. The molecule has 0 bridgehead atoms. The molecule has 0 aliphatic carbocycles. The first-order valence-corrected chi connectivity index (χ1v) is 8.79. The SMILES string of the molecule is O=C(CN1CCOCC1)NC[C@@H](c1ccccc1F)N1CCCC1. The highest BCUT2D eigenvalue weighted by atomic mass is 19.1. The average molecular weight is 335 g/mol. The maximum atomic E-state index is 14.2. The summed E-state index contributed by atoms with van der Waals surface area (Å²) >= 11 is 0. The summed E-state index contributed by atoms with van der Waals surface area (Å²) in [7, 11) is 0. The molecule has 2 aliphatic rings. The molecular formula is C18H26FN3O2. The molecular weight excluding hydrogens is 309 g/mol. The predicted octanol–water partition coefficient (Wildman–Crippen LogP) is 1.41.